The molecule has 0 bridgehead atoms. The summed E-state index contributed by atoms with van der Waals surface area (Å²) in [6.45, 7) is 1.81. The molecule has 0 saturated carbocycles. The average molecular weight is 259 g/mol. The number of hydrogen-bond donors (Lipinski definition) is 3. The van der Waals surface area contributed by atoms with Crippen molar-refractivity contribution in [3.8, 4) is 0 Å². The second-order valence-corrected chi connectivity index (χ2v) is 4.14. The van der Waals surface area contributed by atoms with Gasteiger partial charge in [-0.25, -0.2) is 4.39 Å². The fourth-order valence-electron chi connectivity index (χ4n) is 1.77. The van der Waals surface area contributed by atoms with Gasteiger partial charge in [-0.2, -0.15) is 0 Å². The molecule has 0 fully saturated rings. The van der Waals surface area contributed by atoms with Crippen LogP contribution < -0.4 is 16.6 Å². The van der Waals surface area contributed by atoms with Gasteiger partial charge in [0.15, 0.2) is 0 Å². The van der Waals surface area contributed by atoms with Crippen LogP contribution in [0.3, 0.4) is 0 Å². The van der Waals surface area contributed by atoms with Crippen LogP contribution in [0, 0.1) is 12.7 Å². The molecule has 0 radical (unpaired) electrons. The molecular formula is C14H14FN3O. The molecule has 0 saturated heterocycles. The summed E-state index contributed by atoms with van der Waals surface area (Å²) >= 11 is 0. The Kier molecular flexibility index (Phi) is 3.77. The zero-order valence-electron chi connectivity index (χ0n) is 10.4. The molecule has 2 rings (SSSR count). The summed E-state index contributed by atoms with van der Waals surface area (Å²) < 4.78 is 13.0. The molecule has 0 atom stereocenters. The molecule has 4 nitrogen and oxygen atoms in total. The maximum Gasteiger partial charge on any atom is 0.255 e. The Balaban J connectivity index is 2.20. The van der Waals surface area contributed by atoms with Crippen molar-refractivity contribution in [1.29, 1.82) is 0 Å². The number of nitrogens with one attached hydrogen (secondary N) is 2. The van der Waals surface area contributed by atoms with Crippen LogP contribution in [0.4, 0.5) is 15.8 Å². The smallest absolute Gasteiger partial charge is 0.255 e. The van der Waals surface area contributed by atoms with Crippen LogP contribution >= 0.6 is 0 Å². The zero-order valence-corrected chi connectivity index (χ0v) is 10.4. The number of halogens is 1. The first kappa shape index (κ1) is 13.0. The summed E-state index contributed by atoms with van der Waals surface area (Å²) in [5.41, 5.74) is 4.95. The van der Waals surface area contributed by atoms with E-state index in [9.17, 15) is 9.18 Å². The summed E-state index contributed by atoms with van der Waals surface area (Å²) in [6.07, 6.45) is 0. The topological polar surface area (TPSA) is 67.1 Å². The standard InChI is InChI=1S/C14H14FN3O/c1-9-7-12(18-16)5-6-13(9)14(19)17-11-4-2-3-10(15)8-11/h2-8,18H,16H2,1H3,(H,17,19). The lowest BCUT2D eigenvalue weighted by Crippen LogP contribution is -2.14. The molecule has 0 heterocycles. The molecule has 5 heteroatoms. The molecular weight excluding hydrogens is 245 g/mol. The van der Waals surface area contributed by atoms with E-state index in [0.717, 1.165) is 11.3 Å². The van der Waals surface area contributed by atoms with Gasteiger partial charge in [0.1, 0.15) is 5.82 Å². The van der Waals surface area contributed by atoms with Crippen LogP contribution in [0.2, 0.25) is 0 Å². The molecule has 0 unspecified atom stereocenters. The average Bonchev–Trinajstić information content (AvgIpc) is 2.38. The predicted octanol–water partition coefficient (Wildman–Crippen LogP) is 2.67. The van der Waals surface area contributed by atoms with Crippen LogP contribution in [0.1, 0.15) is 15.9 Å². The molecule has 2 aromatic rings. The molecule has 4 N–H and O–H groups in total. The quantitative estimate of drug-likeness (QED) is 0.586. The Bertz CT molecular complexity index is 613. The van der Waals surface area contributed by atoms with Crippen LogP contribution in [-0.2, 0) is 0 Å². The minimum atomic E-state index is -0.391. The predicted molar refractivity (Wildman–Crippen MR) is 73.3 cm³/mol. The molecule has 0 aliphatic heterocycles. The van der Waals surface area contributed by atoms with Crippen molar-refractivity contribution >= 4 is 17.3 Å². The molecule has 0 aliphatic carbocycles. The summed E-state index contributed by atoms with van der Waals surface area (Å²) in [6, 6.07) is 10.9. The number of carbonyl (C=O) groups is 1. The third-order valence-corrected chi connectivity index (χ3v) is 2.72. The molecule has 98 valence electrons. The molecule has 19 heavy (non-hydrogen) atoms. The molecule has 2 aromatic carbocycles. The minimum Gasteiger partial charge on any atom is -0.324 e. The van der Waals surface area contributed by atoms with E-state index in [4.69, 9.17) is 5.84 Å². The van der Waals surface area contributed by atoms with Crippen molar-refractivity contribution in [2.45, 2.75) is 6.92 Å². The highest BCUT2D eigenvalue weighted by Crippen LogP contribution is 2.17. The second-order valence-electron chi connectivity index (χ2n) is 4.14. The number of anilines is 2. The monoisotopic (exact) mass is 259 g/mol. The Hall–Kier alpha value is -2.40. The Morgan fingerprint density at radius 2 is 1.95 bits per heavy atom. The lowest BCUT2D eigenvalue weighted by Gasteiger charge is -2.09. The summed E-state index contributed by atoms with van der Waals surface area (Å²) in [4.78, 5) is 12.1. The first-order chi connectivity index (χ1) is 9.10. The summed E-state index contributed by atoms with van der Waals surface area (Å²) in [5.74, 6) is 4.62. The van der Waals surface area contributed by atoms with E-state index in [-0.39, 0.29) is 5.91 Å². The largest absolute Gasteiger partial charge is 0.324 e. The van der Waals surface area contributed by atoms with E-state index in [1.165, 1.54) is 12.1 Å². The van der Waals surface area contributed by atoms with Gasteiger partial charge >= 0.3 is 0 Å². The van der Waals surface area contributed by atoms with E-state index in [1.807, 2.05) is 0 Å². The molecule has 0 aromatic heterocycles. The maximum absolute atomic E-state index is 13.0. The van der Waals surface area contributed by atoms with Crippen molar-refractivity contribution in [1.82, 2.24) is 0 Å². The van der Waals surface area contributed by atoms with Crippen LogP contribution in [-0.4, -0.2) is 5.91 Å². The first-order valence-electron chi connectivity index (χ1n) is 5.74. The third kappa shape index (κ3) is 3.08. The number of rotatable bonds is 3. The summed E-state index contributed by atoms with van der Waals surface area (Å²) in [7, 11) is 0. The number of amides is 1. The van der Waals surface area contributed by atoms with Crippen LogP contribution in [0.15, 0.2) is 42.5 Å². The van der Waals surface area contributed by atoms with Crippen molar-refractivity contribution in [3.05, 3.63) is 59.4 Å². The van der Waals surface area contributed by atoms with Crippen molar-refractivity contribution in [2.75, 3.05) is 10.7 Å². The van der Waals surface area contributed by atoms with Gasteiger partial charge in [0.2, 0.25) is 0 Å². The highest BCUT2D eigenvalue weighted by Gasteiger charge is 2.09. The zero-order chi connectivity index (χ0) is 13.8. The Labute approximate surface area is 110 Å². The third-order valence-electron chi connectivity index (χ3n) is 2.72. The number of nitrogens with two attached hydrogens (primary N) is 1. The molecule has 0 spiro atoms. The molecule has 0 aliphatic rings. The van der Waals surface area contributed by atoms with Gasteiger partial charge in [0.25, 0.3) is 5.91 Å². The molecule has 1 amide bonds. The highest BCUT2D eigenvalue weighted by molar-refractivity contribution is 6.05. The van der Waals surface area contributed by atoms with Gasteiger partial charge in [-0.1, -0.05) is 6.07 Å². The Morgan fingerprint density at radius 1 is 1.16 bits per heavy atom. The number of carbonyl (C=O) groups excluding carboxylic acids is 1. The SMILES string of the molecule is Cc1cc(NN)ccc1C(=O)Nc1cccc(F)c1. The number of aryl methyl sites for hydroxylation is 1. The summed E-state index contributed by atoms with van der Waals surface area (Å²) in [5, 5.41) is 2.65. The normalized spacial score (nSPS) is 10.1. The van der Waals surface area contributed by atoms with Gasteiger partial charge in [-0.05, 0) is 48.9 Å². The highest BCUT2D eigenvalue weighted by atomic mass is 19.1. The van der Waals surface area contributed by atoms with Gasteiger partial charge in [-0.15, -0.1) is 0 Å². The van der Waals surface area contributed by atoms with E-state index >= 15 is 0 Å². The van der Waals surface area contributed by atoms with Crippen LogP contribution in [0.5, 0.6) is 0 Å². The lowest BCUT2D eigenvalue weighted by molar-refractivity contribution is 0.102. The lowest BCUT2D eigenvalue weighted by atomic mass is 10.1. The van der Waals surface area contributed by atoms with Gasteiger partial charge in [-0.3, -0.25) is 10.6 Å². The van der Waals surface area contributed by atoms with Crippen molar-refractivity contribution in [3.63, 3.8) is 0 Å². The maximum atomic E-state index is 13.0. The van der Waals surface area contributed by atoms with Crippen LogP contribution in [0.25, 0.3) is 0 Å². The number of hydrazine groups is 1. The van der Waals surface area contributed by atoms with Gasteiger partial charge in [0, 0.05) is 16.9 Å². The second kappa shape index (κ2) is 5.49. The Morgan fingerprint density at radius 3 is 2.58 bits per heavy atom. The number of hydrogen-bond acceptors (Lipinski definition) is 3. The number of benzene rings is 2. The first-order valence-corrected chi connectivity index (χ1v) is 5.74. The minimum absolute atomic E-state index is 0.285. The van der Waals surface area contributed by atoms with Crippen molar-refractivity contribution < 1.29 is 9.18 Å². The van der Waals surface area contributed by atoms with E-state index in [1.54, 1.807) is 37.3 Å². The fourth-order valence-corrected chi connectivity index (χ4v) is 1.77. The van der Waals surface area contributed by atoms with E-state index in [2.05, 4.69) is 10.7 Å². The number of nitrogen functional groups attached to an aromatic ring is 1. The van der Waals surface area contributed by atoms with Gasteiger partial charge < -0.3 is 10.7 Å². The van der Waals surface area contributed by atoms with E-state index in [0.29, 0.717) is 11.3 Å². The van der Waals surface area contributed by atoms with Crippen molar-refractivity contribution in [2.24, 2.45) is 5.84 Å². The van der Waals surface area contributed by atoms with Gasteiger partial charge in [0.05, 0.1) is 0 Å². The van der Waals surface area contributed by atoms with E-state index < -0.39 is 5.82 Å². The fraction of sp³-hybridized carbons (Fsp3) is 0.0714.